The number of hydrogen-bond acceptors (Lipinski definition) is 5. The Morgan fingerprint density at radius 1 is 0.865 bits per heavy atom. The van der Waals surface area contributed by atoms with E-state index in [1.807, 2.05) is 65.1 Å². The number of hydrogen-bond donors (Lipinski definition) is 1. The first-order valence-corrected chi connectivity index (χ1v) is 19.2. The van der Waals surface area contributed by atoms with Crippen molar-refractivity contribution in [3.05, 3.63) is 101 Å². The van der Waals surface area contributed by atoms with E-state index in [0.29, 0.717) is 0 Å². The largest absolute Gasteiger partial charge is 0.512 e. The molecule has 6 aromatic rings. The van der Waals surface area contributed by atoms with Crippen LogP contribution in [0.1, 0.15) is 104 Å². The molecule has 6 rings (SSSR count). The minimum atomic E-state index is -0.337. The number of aromatic nitrogens is 1. The normalized spacial score (nSPS) is 12.6. The van der Waals surface area contributed by atoms with E-state index in [-0.39, 0.29) is 47.9 Å². The van der Waals surface area contributed by atoms with Crippen molar-refractivity contribution in [3.8, 4) is 22.6 Å². The molecular weight excluding hydrogens is 839 g/mol. The molecule has 4 nitrogen and oxygen atoms in total. The van der Waals surface area contributed by atoms with Crippen LogP contribution < -0.4 is 0 Å². The molecule has 6 heteroatoms. The summed E-state index contributed by atoms with van der Waals surface area (Å²) >= 11 is 1.82. The maximum absolute atomic E-state index is 12.2. The number of nitrogens with zero attached hydrogens (tertiary/aromatic N) is 1. The smallest absolute Gasteiger partial charge is 0.164 e. The van der Waals surface area contributed by atoms with Crippen molar-refractivity contribution in [2.75, 3.05) is 0 Å². The van der Waals surface area contributed by atoms with Gasteiger partial charge in [0.25, 0.3) is 0 Å². The van der Waals surface area contributed by atoms with E-state index in [2.05, 4.69) is 95.3 Å². The summed E-state index contributed by atoms with van der Waals surface area (Å²) in [4.78, 5) is 18.3. The molecule has 0 aliphatic rings. The molecule has 1 radical (unpaired) electrons. The van der Waals surface area contributed by atoms with Crippen LogP contribution in [0.25, 0.3) is 54.4 Å². The predicted octanol–water partition coefficient (Wildman–Crippen LogP) is 13.9. The summed E-state index contributed by atoms with van der Waals surface area (Å²) in [6.07, 6.45) is 6.60. The fraction of sp³-hybridized carbons (Fsp3) is 0.391. The predicted molar refractivity (Wildman–Crippen MR) is 218 cm³/mol. The number of aryl methyl sites for hydroxylation is 2. The standard InChI is InChI=1S/C31H26NOS.C15H28O2.Ir/c1-18-15-24-23(11-8-12-27(24)34-18)30-19(2)28-26(33-30)13-14-32-29(28)21-16-20-9-6-7-10-22(20)25(17-21)31(3,4)5;1-7-14(5,8-2)12(16)11-13(17)15(6,9-3)10-4;/h6-15,17H,1-5H3;11,16H,7-10H2,1-6H3;/q-1;;/b;12-11-;. The molecule has 277 valence electrons. The van der Waals surface area contributed by atoms with Crippen molar-refractivity contribution in [1.29, 1.82) is 0 Å². The zero-order valence-corrected chi connectivity index (χ0v) is 35.9. The Hall–Kier alpha value is -3.57. The zero-order chi connectivity index (χ0) is 37.3. The molecule has 3 heterocycles. The van der Waals surface area contributed by atoms with Gasteiger partial charge in [0.2, 0.25) is 0 Å². The first-order chi connectivity index (χ1) is 24.1. The average molecular weight is 893 g/mol. The number of carbonyl (C=O) groups is 1. The molecule has 0 spiro atoms. The van der Waals surface area contributed by atoms with E-state index < -0.39 is 0 Å². The minimum absolute atomic E-state index is 0. The Kier molecular flexibility index (Phi) is 12.8. The second-order valence-electron chi connectivity index (χ2n) is 15.5. The molecule has 0 atom stereocenters. The summed E-state index contributed by atoms with van der Waals surface area (Å²) in [5, 5.41) is 14.8. The van der Waals surface area contributed by atoms with Crippen LogP contribution in [-0.4, -0.2) is 15.9 Å². The fourth-order valence-electron chi connectivity index (χ4n) is 6.70. The van der Waals surface area contributed by atoms with Crippen molar-refractivity contribution < 1.29 is 34.4 Å². The van der Waals surface area contributed by atoms with Crippen LogP contribution in [0.15, 0.2) is 83.1 Å². The van der Waals surface area contributed by atoms with Crippen LogP contribution in [0.4, 0.5) is 0 Å². The van der Waals surface area contributed by atoms with Gasteiger partial charge in [0.15, 0.2) is 5.78 Å². The van der Waals surface area contributed by atoms with Gasteiger partial charge in [-0.05, 0) is 68.7 Å². The Balaban J connectivity index is 0.000000289. The van der Waals surface area contributed by atoms with E-state index in [0.717, 1.165) is 70.2 Å². The van der Waals surface area contributed by atoms with E-state index in [1.54, 1.807) is 0 Å². The van der Waals surface area contributed by atoms with Crippen molar-refractivity contribution >= 4 is 48.9 Å². The third-order valence-corrected chi connectivity index (χ3v) is 12.2. The number of thiophene rings is 1. The number of ketones is 1. The van der Waals surface area contributed by atoms with Gasteiger partial charge in [-0.2, -0.15) is 0 Å². The summed E-state index contributed by atoms with van der Waals surface area (Å²) < 4.78 is 7.78. The molecule has 0 saturated carbocycles. The number of pyridine rings is 1. The van der Waals surface area contributed by atoms with Crippen LogP contribution >= 0.6 is 11.3 Å². The Labute approximate surface area is 328 Å². The van der Waals surface area contributed by atoms with Crippen molar-refractivity contribution in [1.82, 2.24) is 4.98 Å². The number of carbonyl (C=O) groups excluding carboxylic acids is 1. The number of fused-ring (bicyclic) bond motifs is 3. The topological polar surface area (TPSA) is 63.3 Å². The second kappa shape index (κ2) is 16.2. The van der Waals surface area contributed by atoms with E-state index in [4.69, 9.17) is 9.40 Å². The molecule has 0 saturated heterocycles. The molecule has 52 heavy (non-hydrogen) atoms. The Morgan fingerprint density at radius 2 is 1.52 bits per heavy atom. The van der Waals surface area contributed by atoms with Gasteiger partial charge in [-0.25, -0.2) is 0 Å². The number of allylic oxidation sites excluding steroid dienone is 2. The van der Waals surface area contributed by atoms with Gasteiger partial charge in [0.1, 0.15) is 17.1 Å². The Bertz CT molecular complexity index is 2220. The summed E-state index contributed by atoms with van der Waals surface area (Å²) in [6.45, 7) is 23.2. The molecule has 0 fully saturated rings. The summed E-state index contributed by atoms with van der Waals surface area (Å²) in [5.41, 5.74) is 5.75. The summed E-state index contributed by atoms with van der Waals surface area (Å²) in [7, 11) is 0. The molecule has 0 unspecified atom stereocenters. The van der Waals surface area contributed by atoms with Gasteiger partial charge in [0, 0.05) is 74.8 Å². The van der Waals surface area contributed by atoms with Gasteiger partial charge < -0.3 is 9.52 Å². The molecule has 0 bridgehead atoms. The maximum atomic E-state index is 12.2. The number of aliphatic hydroxyl groups excluding tert-OH is 1. The van der Waals surface area contributed by atoms with E-state index in [1.165, 1.54) is 32.0 Å². The molecule has 3 aromatic heterocycles. The third kappa shape index (κ3) is 8.00. The molecule has 0 aliphatic heterocycles. The molecule has 1 N–H and O–H groups in total. The zero-order valence-electron chi connectivity index (χ0n) is 32.7. The van der Waals surface area contributed by atoms with Crippen LogP contribution in [-0.2, 0) is 30.3 Å². The number of rotatable bonds is 9. The molecular formula is C46H54IrNO3S-. The fourth-order valence-corrected chi connectivity index (χ4v) is 7.65. The van der Waals surface area contributed by atoms with Crippen LogP contribution in [0, 0.1) is 30.7 Å². The van der Waals surface area contributed by atoms with Crippen LogP contribution in [0.2, 0.25) is 0 Å². The number of furan rings is 1. The van der Waals surface area contributed by atoms with Gasteiger partial charge in [-0.3, -0.25) is 9.78 Å². The first kappa shape index (κ1) is 41.2. The third-order valence-electron chi connectivity index (χ3n) is 11.2. The van der Waals surface area contributed by atoms with Crippen molar-refractivity contribution in [2.24, 2.45) is 10.8 Å². The molecule has 3 aromatic carbocycles. The first-order valence-electron chi connectivity index (χ1n) is 18.4. The number of benzene rings is 3. The van der Waals surface area contributed by atoms with Crippen molar-refractivity contribution in [3.63, 3.8) is 0 Å². The minimum Gasteiger partial charge on any atom is -0.512 e. The molecule has 0 amide bonds. The second-order valence-corrected chi connectivity index (χ2v) is 16.8. The van der Waals surface area contributed by atoms with Gasteiger partial charge >= 0.3 is 0 Å². The number of aliphatic hydroxyl groups is 1. The average Bonchev–Trinajstić information content (AvgIpc) is 3.68. The van der Waals surface area contributed by atoms with Crippen molar-refractivity contribution in [2.45, 2.75) is 107 Å². The summed E-state index contributed by atoms with van der Waals surface area (Å²) in [5.74, 6) is 1.21. The summed E-state index contributed by atoms with van der Waals surface area (Å²) in [6, 6.07) is 25.1. The van der Waals surface area contributed by atoms with E-state index in [9.17, 15) is 9.90 Å². The SMILES string of the molecule is CCC(C)(CC)C(=O)/C=C(\O)C(C)(CC)CC.Cc1cc2c(-c3oc4ccnc(-c5[c-]c6ccccc6c(C(C)(C)C)c5)c4c3C)cccc2s1.[Ir]. The Morgan fingerprint density at radius 3 is 2.15 bits per heavy atom. The van der Waals surface area contributed by atoms with Crippen LogP contribution in [0.3, 0.4) is 0 Å². The van der Waals surface area contributed by atoms with Gasteiger partial charge in [0.05, 0.1) is 0 Å². The monoisotopic (exact) mass is 893 g/mol. The molecule has 0 aliphatic carbocycles. The van der Waals surface area contributed by atoms with E-state index >= 15 is 0 Å². The maximum Gasteiger partial charge on any atom is 0.164 e. The van der Waals surface area contributed by atoms with Crippen LogP contribution in [0.5, 0.6) is 0 Å². The quantitative estimate of drug-likeness (QED) is 0.0892. The van der Waals surface area contributed by atoms with Gasteiger partial charge in [-0.15, -0.1) is 40.5 Å². The van der Waals surface area contributed by atoms with Gasteiger partial charge in [-0.1, -0.05) is 104 Å².